The summed E-state index contributed by atoms with van der Waals surface area (Å²) in [6, 6.07) is 8.13. The molecule has 1 fully saturated rings. The predicted octanol–water partition coefficient (Wildman–Crippen LogP) is 2.84. The molecule has 174 valence electrons. The highest BCUT2D eigenvalue weighted by atomic mass is 35.5. The maximum Gasteiger partial charge on any atom is 0.243 e. The van der Waals surface area contributed by atoms with E-state index in [0.717, 1.165) is 18.2 Å². The smallest absolute Gasteiger partial charge is 0.243 e. The number of halogens is 4. The summed E-state index contributed by atoms with van der Waals surface area (Å²) >= 11 is 0. The fourth-order valence-electron chi connectivity index (χ4n) is 4.10. The number of amidine groups is 1. The molecule has 0 unspecified atom stereocenters. The lowest BCUT2D eigenvalue weighted by Crippen LogP contribution is -2.64. The van der Waals surface area contributed by atoms with Gasteiger partial charge in [0, 0.05) is 32.2 Å². The lowest BCUT2D eigenvalue weighted by Gasteiger charge is -2.44. The Morgan fingerprint density at radius 1 is 1.00 bits per heavy atom. The van der Waals surface area contributed by atoms with Crippen LogP contribution in [0.25, 0.3) is 0 Å². The van der Waals surface area contributed by atoms with Crippen molar-refractivity contribution in [2.75, 3.05) is 26.2 Å². The van der Waals surface area contributed by atoms with E-state index in [-0.39, 0.29) is 36.9 Å². The molecule has 2 heterocycles. The molecule has 2 N–H and O–H groups in total. The van der Waals surface area contributed by atoms with Crippen molar-refractivity contribution in [3.05, 3.63) is 65.5 Å². The number of benzene rings is 2. The van der Waals surface area contributed by atoms with Gasteiger partial charge in [-0.1, -0.05) is 0 Å². The molecule has 0 radical (unpaired) electrons. The van der Waals surface area contributed by atoms with Crippen molar-refractivity contribution in [1.82, 2.24) is 14.9 Å². The van der Waals surface area contributed by atoms with Crippen molar-refractivity contribution in [2.24, 2.45) is 4.99 Å². The molecule has 0 atom stereocenters. The van der Waals surface area contributed by atoms with Crippen LogP contribution < -0.4 is 10.6 Å². The summed E-state index contributed by atoms with van der Waals surface area (Å²) in [6.07, 6.45) is 0.966. The van der Waals surface area contributed by atoms with E-state index in [1.807, 2.05) is 0 Å². The Kier molecular flexibility index (Phi) is 7.49. The van der Waals surface area contributed by atoms with Gasteiger partial charge in [-0.15, -0.1) is 12.4 Å². The molecule has 11 heteroatoms. The van der Waals surface area contributed by atoms with Crippen molar-refractivity contribution >= 4 is 28.3 Å². The highest BCUT2D eigenvalue weighted by molar-refractivity contribution is 7.89. The van der Waals surface area contributed by atoms with E-state index in [4.69, 9.17) is 0 Å². The summed E-state index contributed by atoms with van der Waals surface area (Å²) in [5.74, 6) is -1.11. The molecule has 6 nitrogen and oxygen atoms in total. The number of aliphatic imine (C=N–C) groups is 1. The van der Waals surface area contributed by atoms with Crippen LogP contribution in [-0.2, 0) is 16.6 Å². The van der Waals surface area contributed by atoms with Crippen LogP contribution >= 0.6 is 12.4 Å². The molecule has 2 aromatic rings. The first-order valence-electron chi connectivity index (χ1n) is 10.0. The summed E-state index contributed by atoms with van der Waals surface area (Å²) in [6.45, 7) is 1.95. The largest absolute Gasteiger partial charge is 0.368 e. The fourth-order valence-corrected chi connectivity index (χ4v) is 5.54. The molecule has 32 heavy (non-hydrogen) atoms. The lowest BCUT2D eigenvalue weighted by atomic mass is 9.85. The van der Waals surface area contributed by atoms with Gasteiger partial charge in [0.25, 0.3) is 0 Å². The topological polar surface area (TPSA) is 73.8 Å². The Hall–Kier alpha value is -2.14. The van der Waals surface area contributed by atoms with Crippen LogP contribution in [0.5, 0.6) is 0 Å². The average Bonchev–Trinajstić information content (AvgIpc) is 2.73. The molecule has 2 aromatic carbocycles. The molecule has 2 aliphatic rings. The summed E-state index contributed by atoms with van der Waals surface area (Å²) in [7, 11) is -3.72. The molecule has 0 aliphatic carbocycles. The van der Waals surface area contributed by atoms with E-state index < -0.39 is 33.0 Å². The molecular weight excluding hydrogens is 465 g/mol. The quantitative estimate of drug-likeness (QED) is 0.694. The lowest BCUT2D eigenvalue weighted by molar-refractivity contribution is 0.241. The zero-order valence-electron chi connectivity index (χ0n) is 17.2. The van der Waals surface area contributed by atoms with Gasteiger partial charge in [0.2, 0.25) is 10.0 Å². The SMILES string of the molecule is Cl.O=S(=O)(c1ccc(F)cc1)N1CCC2(CC1)NCCN=C2NCc1cc(F)cc(F)c1. The van der Waals surface area contributed by atoms with Gasteiger partial charge in [0.1, 0.15) is 23.3 Å². The molecule has 1 saturated heterocycles. The normalized spacial score (nSPS) is 18.7. The number of nitrogens with zero attached hydrogens (tertiary/aromatic N) is 2. The third kappa shape index (κ3) is 5.09. The summed E-state index contributed by atoms with van der Waals surface area (Å²) < 4.78 is 67.3. The molecule has 0 bridgehead atoms. The number of hydrogen-bond acceptors (Lipinski definition) is 5. The zero-order chi connectivity index (χ0) is 22.1. The standard InChI is InChI=1S/C21H23F3N4O2S.ClH/c22-16-1-3-19(4-2-16)31(29,30)28-9-5-21(6-10-28)20(25-7-8-27-21)26-14-15-11-17(23)13-18(24)12-15;/h1-4,11-13,27H,5-10,14H2,(H,25,26);1H. The molecular formula is C21H24ClF3N4O2S. The van der Waals surface area contributed by atoms with Crippen LogP contribution in [-0.4, -0.2) is 50.3 Å². The predicted molar refractivity (Wildman–Crippen MR) is 118 cm³/mol. The second kappa shape index (κ2) is 9.78. The third-order valence-corrected chi connectivity index (χ3v) is 7.62. The maximum absolute atomic E-state index is 13.5. The van der Waals surface area contributed by atoms with Crippen molar-refractivity contribution in [1.29, 1.82) is 0 Å². The van der Waals surface area contributed by atoms with E-state index in [1.165, 1.54) is 28.6 Å². The van der Waals surface area contributed by atoms with Crippen LogP contribution in [0.1, 0.15) is 18.4 Å². The van der Waals surface area contributed by atoms with Crippen LogP contribution in [0.15, 0.2) is 52.4 Å². The average molecular weight is 489 g/mol. The van der Waals surface area contributed by atoms with Gasteiger partial charge in [-0.3, -0.25) is 4.99 Å². The molecule has 0 amide bonds. The first-order valence-corrected chi connectivity index (χ1v) is 11.5. The van der Waals surface area contributed by atoms with Crippen molar-refractivity contribution < 1.29 is 21.6 Å². The molecule has 4 rings (SSSR count). The Morgan fingerprint density at radius 3 is 2.25 bits per heavy atom. The number of nitrogens with one attached hydrogen (secondary N) is 2. The number of hydrogen-bond donors (Lipinski definition) is 2. The molecule has 0 saturated carbocycles. The third-order valence-electron chi connectivity index (χ3n) is 5.71. The van der Waals surface area contributed by atoms with Crippen LogP contribution in [0.2, 0.25) is 0 Å². The zero-order valence-corrected chi connectivity index (χ0v) is 18.8. The Labute approximate surface area is 191 Å². The summed E-state index contributed by atoms with van der Waals surface area (Å²) in [4.78, 5) is 4.62. The number of sulfonamides is 1. The van der Waals surface area contributed by atoms with Gasteiger partial charge in [-0.25, -0.2) is 21.6 Å². The van der Waals surface area contributed by atoms with Gasteiger partial charge in [0.15, 0.2) is 0 Å². The first-order chi connectivity index (χ1) is 14.8. The Balaban J connectivity index is 0.00000289. The van der Waals surface area contributed by atoms with Gasteiger partial charge in [-0.05, 0) is 54.8 Å². The van der Waals surface area contributed by atoms with E-state index >= 15 is 0 Å². The van der Waals surface area contributed by atoms with Crippen molar-refractivity contribution in [3.63, 3.8) is 0 Å². The molecule has 1 spiro atoms. The van der Waals surface area contributed by atoms with Crippen molar-refractivity contribution in [3.8, 4) is 0 Å². The molecule has 0 aromatic heterocycles. The van der Waals surface area contributed by atoms with Gasteiger partial charge in [-0.2, -0.15) is 4.31 Å². The van der Waals surface area contributed by atoms with E-state index in [0.29, 0.717) is 37.3 Å². The minimum absolute atomic E-state index is 0. The highest BCUT2D eigenvalue weighted by Gasteiger charge is 2.43. The van der Waals surface area contributed by atoms with Gasteiger partial charge < -0.3 is 10.6 Å². The number of piperidine rings is 1. The van der Waals surface area contributed by atoms with Gasteiger partial charge >= 0.3 is 0 Å². The number of rotatable bonds is 4. The second-order valence-electron chi connectivity index (χ2n) is 7.73. The minimum Gasteiger partial charge on any atom is -0.368 e. The first kappa shape index (κ1) is 24.5. The Bertz CT molecular complexity index is 1070. The fraction of sp³-hybridized carbons (Fsp3) is 0.381. The second-order valence-corrected chi connectivity index (χ2v) is 9.67. The van der Waals surface area contributed by atoms with E-state index in [1.54, 1.807) is 0 Å². The molecule has 2 aliphatic heterocycles. The maximum atomic E-state index is 13.5. The van der Waals surface area contributed by atoms with E-state index in [2.05, 4.69) is 15.6 Å². The van der Waals surface area contributed by atoms with Crippen molar-refractivity contribution in [2.45, 2.75) is 29.8 Å². The van der Waals surface area contributed by atoms with E-state index in [9.17, 15) is 21.6 Å². The van der Waals surface area contributed by atoms with Crippen LogP contribution in [0.3, 0.4) is 0 Å². The van der Waals surface area contributed by atoms with Crippen LogP contribution in [0, 0.1) is 17.5 Å². The summed E-state index contributed by atoms with van der Waals surface area (Å²) in [5, 5.41) is 6.64. The highest BCUT2D eigenvalue weighted by Crippen LogP contribution is 2.29. The summed E-state index contributed by atoms with van der Waals surface area (Å²) in [5.41, 5.74) is -0.0730. The van der Waals surface area contributed by atoms with Crippen LogP contribution in [0.4, 0.5) is 13.2 Å². The monoisotopic (exact) mass is 488 g/mol. The Morgan fingerprint density at radius 2 is 1.62 bits per heavy atom. The van der Waals surface area contributed by atoms with Gasteiger partial charge in [0.05, 0.1) is 17.0 Å². The minimum atomic E-state index is -3.72.